The molecule has 1 saturated carbocycles. The van der Waals surface area contributed by atoms with Crippen LogP contribution in [0.25, 0.3) is 11.1 Å². The van der Waals surface area contributed by atoms with E-state index >= 15 is 0 Å². The molecule has 1 aromatic heterocycles. The molecule has 8 heteroatoms. The van der Waals surface area contributed by atoms with Crippen LogP contribution in [0.4, 0.5) is 10.5 Å². The van der Waals surface area contributed by atoms with Gasteiger partial charge in [0.2, 0.25) is 5.78 Å². The average Bonchev–Trinajstić information content (AvgIpc) is 3.32. The van der Waals surface area contributed by atoms with Crippen LogP contribution in [0, 0.1) is 5.92 Å². The van der Waals surface area contributed by atoms with E-state index in [1.54, 1.807) is 6.07 Å². The van der Waals surface area contributed by atoms with Crippen molar-refractivity contribution in [1.82, 2.24) is 10.3 Å². The summed E-state index contributed by atoms with van der Waals surface area (Å²) in [5, 5.41) is 6.34. The summed E-state index contributed by atoms with van der Waals surface area (Å²) < 4.78 is 11.4. The van der Waals surface area contributed by atoms with Crippen molar-refractivity contribution in [2.45, 2.75) is 50.5 Å². The number of amides is 2. The maximum atomic E-state index is 12.7. The molecule has 1 aromatic carbocycles. The molecule has 0 bridgehead atoms. The summed E-state index contributed by atoms with van der Waals surface area (Å²) in [4.78, 5) is 29.5. The smallest absolute Gasteiger partial charge is 0.319 e. The minimum atomic E-state index is -0.530. The van der Waals surface area contributed by atoms with E-state index in [0.29, 0.717) is 41.4 Å². The van der Waals surface area contributed by atoms with Crippen LogP contribution < -0.4 is 10.6 Å². The molecular weight excluding hydrogens is 382 g/mol. The number of aromatic nitrogens is 1. The summed E-state index contributed by atoms with van der Waals surface area (Å²) in [6.07, 6.45) is 6.02. The molecule has 3 aliphatic rings. The highest BCUT2D eigenvalue weighted by molar-refractivity contribution is 6.35. The van der Waals surface area contributed by atoms with Crippen molar-refractivity contribution in [3.8, 4) is 0 Å². The fourth-order valence-electron chi connectivity index (χ4n) is 4.78. The third-order valence-electron chi connectivity index (χ3n) is 6.15. The van der Waals surface area contributed by atoms with Crippen molar-refractivity contribution in [1.29, 1.82) is 0 Å². The van der Waals surface area contributed by atoms with Gasteiger partial charge in [-0.1, -0.05) is 30.9 Å². The zero-order chi connectivity index (χ0) is 19.3. The number of Topliss-reactive ketones (excluding diaryl/α,β-unsaturated/α-hetero) is 1. The van der Waals surface area contributed by atoms with Gasteiger partial charge < -0.3 is 19.8 Å². The van der Waals surface area contributed by atoms with Crippen LogP contribution in [0.5, 0.6) is 0 Å². The largest absolute Gasteiger partial charge is 0.433 e. The number of benzene rings is 1. The lowest BCUT2D eigenvalue weighted by Gasteiger charge is -2.42. The Morgan fingerprint density at radius 2 is 2.14 bits per heavy atom. The van der Waals surface area contributed by atoms with Crippen LogP contribution in [0.2, 0.25) is 5.02 Å². The Balaban J connectivity index is 1.61. The topological polar surface area (TPSA) is 93.5 Å². The van der Waals surface area contributed by atoms with Crippen LogP contribution in [0.15, 0.2) is 10.5 Å². The van der Waals surface area contributed by atoms with Gasteiger partial charge in [0.1, 0.15) is 5.52 Å². The summed E-state index contributed by atoms with van der Waals surface area (Å²) >= 11 is 6.49. The molecule has 1 aliphatic carbocycles. The molecule has 0 unspecified atom stereocenters. The fraction of sp³-hybridized carbons (Fsp3) is 0.550. The number of hydrogen-bond donors (Lipinski definition) is 2. The van der Waals surface area contributed by atoms with Crippen molar-refractivity contribution in [2.75, 3.05) is 18.5 Å². The number of ketones is 1. The zero-order valence-electron chi connectivity index (χ0n) is 15.5. The van der Waals surface area contributed by atoms with Crippen LogP contribution >= 0.6 is 11.6 Å². The maximum Gasteiger partial charge on any atom is 0.319 e. The molecule has 1 saturated heterocycles. The summed E-state index contributed by atoms with van der Waals surface area (Å²) in [7, 11) is 0. The fourth-order valence-corrected chi connectivity index (χ4v) is 5.03. The van der Waals surface area contributed by atoms with Gasteiger partial charge in [-0.3, -0.25) is 4.79 Å². The van der Waals surface area contributed by atoms with Gasteiger partial charge in [-0.25, -0.2) is 9.78 Å². The van der Waals surface area contributed by atoms with E-state index < -0.39 is 5.54 Å². The molecule has 28 heavy (non-hydrogen) atoms. The van der Waals surface area contributed by atoms with Gasteiger partial charge in [0.25, 0.3) is 5.89 Å². The number of rotatable bonds is 3. The van der Waals surface area contributed by atoms with Crippen LogP contribution in [-0.2, 0) is 10.3 Å². The normalized spacial score (nSPS) is 23.5. The molecule has 2 N–H and O–H groups in total. The number of nitrogens with zero attached hydrogens (tertiary/aromatic N) is 1. The Labute approximate surface area is 167 Å². The molecule has 2 aliphatic heterocycles. The molecule has 1 atom stereocenters. The van der Waals surface area contributed by atoms with Gasteiger partial charge >= 0.3 is 6.03 Å². The average molecular weight is 404 g/mol. The number of hydrogen-bond acceptors (Lipinski definition) is 5. The highest BCUT2D eigenvalue weighted by atomic mass is 35.5. The molecule has 2 fully saturated rings. The van der Waals surface area contributed by atoms with Crippen LogP contribution in [0.3, 0.4) is 0 Å². The van der Waals surface area contributed by atoms with Crippen molar-refractivity contribution < 1.29 is 18.7 Å². The molecule has 2 aromatic rings. The van der Waals surface area contributed by atoms with Gasteiger partial charge in [0.05, 0.1) is 16.2 Å². The molecular formula is C20H22ClN3O4. The molecule has 5 rings (SSSR count). The van der Waals surface area contributed by atoms with E-state index in [2.05, 4.69) is 15.6 Å². The molecule has 3 heterocycles. The van der Waals surface area contributed by atoms with Crippen LogP contribution in [-0.4, -0.2) is 30.0 Å². The first-order valence-electron chi connectivity index (χ1n) is 9.89. The number of urea groups is 1. The standard InChI is InChI=1S/C20H22ClN3O4/c21-12-9-13-17(28-18(22-13)14(25)8-11-4-7-27-10-11)15-16(12)23-19(26)24-20(15)5-2-1-3-6-20/h9,11H,1-8,10H2,(H2,23,24,26)/t11-/m0/s1. The molecule has 148 valence electrons. The molecule has 2 amide bonds. The van der Waals surface area contributed by atoms with E-state index in [-0.39, 0.29) is 23.6 Å². The Morgan fingerprint density at radius 1 is 1.32 bits per heavy atom. The van der Waals surface area contributed by atoms with Gasteiger partial charge in [0.15, 0.2) is 5.58 Å². The number of ether oxygens (including phenoxy) is 1. The number of fused-ring (bicyclic) bond motifs is 4. The van der Waals surface area contributed by atoms with Crippen molar-refractivity contribution in [2.24, 2.45) is 5.92 Å². The highest BCUT2D eigenvalue weighted by Gasteiger charge is 2.44. The Bertz CT molecular complexity index is 958. The third kappa shape index (κ3) is 2.88. The minimum absolute atomic E-state index is 0.106. The van der Waals surface area contributed by atoms with E-state index in [0.717, 1.165) is 44.1 Å². The predicted octanol–water partition coefficient (Wildman–Crippen LogP) is 4.39. The summed E-state index contributed by atoms with van der Waals surface area (Å²) in [5.41, 5.74) is 1.96. The monoisotopic (exact) mass is 403 g/mol. The van der Waals surface area contributed by atoms with E-state index in [4.69, 9.17) is 20.8 Å². The minimum Gasteiger partial charge on any atom is -0.433 e. The Morgan fingerprint density at radius 3 is 2.89 bits per heavy atom. The van der Waals surface area contributed by atoms with Crippen molar-refractivity contribution in [3.63, 3.8) is 0 Å². The quantitative estimate of drug-likeness (QED) is 0.741. The first-order chi connectivity index (χ1) is 13.6. The highest BCUT2D eigenvalue weighted by Crippen LogP contribution is 2.48. The third-order valence-corrected chi connectivity index (χ3v) is 6.44. The first-order valence-corrected chi connectivity index (χ1v) is 10.3. The van der Waals surface area contributed by atoms with E-state index in [1.807, 2.05) is 0 Å². The van der Waals surface area contributed by atoms with Crippen molar-refractivity contribution >= 4 is 40.2 Å². The number of carbonyl (C=O) groups excluding carboxylic acids is 2. The molecule has 7 nitrogen and oxygen atoms in total. The number of oxazole rings is 1. The second-order valence-electron chi connectivity index (χ2n) is 8.05. The van der Waals surface area contributed by atoms with Gasteiger partial charge in [-0.15, -0.1) is 0 Å². The van der Waals surface area contributed by atoms with E-state index in [9.17, 15) is 9.59 Å². The van der Waals surface area contributed by atoms with Crippen molar-refractivity contribution in [3.05, 3.63) is 22.5 Å². The zero-order valence-corrected chi connectivity index (χ0v) is 16.2. The molecule has 0 radical (unpaired) electrons. The van der Waals surface area contributed by atoms with E-state index in [1.165, 1.54) is 0 Å². The lowest BCUT2D eigenvalue weighted by atomic mass is 9.74. The number of nitrogens with one attached hydrogen (secondary N) is 2. The predicted molar refractivity (Wildman–Crippen MR) is 104 cm³/mol. The second-order valence-corrected chi connectivity index (χ2v) is 8.46. The maximum absolute atomic E-state index is 12.7. The summed E-state index contributed by atoms with van der Waals surface area (Å²) in [5.74, 6) is 0.196. The van der Waals surface area contributed by atoms with Gasteiger partial charge in [-0.2, -0.15) is 0 Å². The Hall–Kier alpha value is -2.12. The second kappa shape index (κ2) is 6.74. The molecule has 1 spiro atoms. The lowest BCUT2D eigenvalue weighted by molar-refractivity contribution is 0.0920. The number of halogens is 1. The number of anilines is 1. The summed E-state index contributed by atoms with van der Waals surface area (Å²) in [6.45, 7) is 1.30. The van der Waals surface area contributed by atoms with Gasteiger partial charge in [0, 0.05) is 25.2 Å². The van der Waals surface area contributed by atoms with Crippen LogP contribution in [0.1, 0.15) is 61.2 Å². The summed E-state index contributed by atoms with van der Waals surface area (Å²) in [6, 6.07) is 1.41. The lowest BCUT2D eigenvalue weighted by Crippen LogP contribution is -2.52. The Kier molecular flexibility index (Phi) is 4.32. The van der Waals surface area contributed by atoms with Gasteiger partial charge in [-0.05, 0) is 31.2 Å². The SMILES string of the molecule is O=C1Nc2c(Cl)cc3nc(C(=O)C[C@@H]4CCOC4)oc3c2C2(CCCCC2)N1. The first kappa shape index (κ1) is 17.9. The number of carbonyl (C=O) groups is 2.